The summed E-state index contributed by atoms with van der Waals surface area (Å²) in [5.41, 5.74) is 10.7. The summed E-state index contributed by atoms with van der Waals surface area (Å²) in [6.45, 7) is 2.40. The van der Waals surface area contributed by atoms with E-state index in [9.17, 15) is 28.6 Å². The molecule has 0 saturated heterocycles. The van der Waals surface area contributed by atoms with Crippen LogP contribution in [-0.2, 0) is 51.7 Å². The van der Waals surface area contributed by atoms with E-state index in [0.29, 0.717) is 12.8 Å². The van der Waals surface area contributed by atoms with Gasteiger partial charge in [-0.25, -0.2) is 4.57 Å². The summed E-state index contributed by atoms with van der Waals surface area (Å²) in [6, 6.07) is 0. The van der Waals surface area contributed by atoms with Gasteiger partial charge in [0.2, 0.25) is 0 Å². The fourth-order valence-corrected chi connectivity index (χ4v) is 6.52. The Morgan fingerprint density at radius 1 is 0.464 bits per heavy atom. The summed E-state index contributed by atoms with van der Waals surface area (Å²) in [6.07, 6.45) is 22.8. The Bertz CT molecular complexity index is 1030. The van der Waals surface area contributed by atoms with Crippen molar-refractivity contribution in [1.29, 1.82) is 0 Å². The maximum absolute atomic E-state index is 12.8. The molecule has 3 atom stereocenters. The number of hydrogen-bond acceptors (Lipinski definition) is 13. The van der Waals surface area contributed by atoms with Gasteiger partial charge in [-0.3, -0.25) is 28.2 Å². The van der Waals surface area contributed by atoms with Crippen molar-refractivity contribution in [2.24, 2.45) is 11.5 Å². The maximum Gasteiger partial charge on any atom is 0.472 e. The van der Waals surface area contributed by atoms with Crippen molar-refractivity contribution in [3.05, 3.63) is 0 Å². The quantitative estimate of drug-likeness (QED) is 0.0228. The topological polar surface area (TPSA) is 213 Å². The smallest absolute Gasteiger partial charge is 0.462 e. The number of ether oxygens (including phenoxy) is 4. The summed E-state index contributed by atoms with van der Waals surface area (Å²) in [4.78, 5) is 59.4. The molecule has 0 bridgehead atoms. The Labute approximate surface area is 343 Å². The molecular formula is C40H78ClN2O12P. The minimum Gasteiger partial charge on any atom is -0.462 e. The Morgan fingerprint density at radius 3 is 1.11 bits per heavy atom. The first-order valence-electron chi connectivity index (χ1n) is 21.3. The number of rotatable bonds is 40. The first kappa shape index (κ1) is 56.3. The van der Waals surface area contributed by atoms with Gasteiger partial charge in [-0.15, -0.1) is 12.4 Å². The molecule has 0 rings (SSSR count). The first-order chi connectivity index (χ1) is 26.6. The normalized spacial score (nSPS) is 13.2. The molecule has 0 aliphatic rings. The van der Waals surface area contributed by atoms with Crippen molar-refractivity contribution in [3.63, 3.8) is 0 Å². The molecule has 0 aromatic rings. The van der Waals surface area contributed by atoms with Crippen LogP contribution in [0, 0.1) is 0 Å². The van der Waals surface area contributed by atoms with Gasteiger partial charge in [0.15, 0.2) is 12.2 Å². The summed E-state index contributed by atoms with van der Waals surface area (Å²) in [5.74, 6) is -2.37. The van der Waals surface area contributed by atoms with Crippen molar-refractivity contribution in [3.8, 4) is 0 Å². The van der Waals surface area contributed by atoms with E-state index in [-0.39, 0.29) is 57.8 Å². The number of esters is 4. The number of halogens is 1. The van der Waals surface area contributed by atoms with Gasteiger partial charge in [-0.1, -0.05) is 142 Å². The zero-order chi connectivity index (χ0) is 40.8. The summed E-state index contributed by atoms with van der Waals surface area (Å²) in [5, 5.41) is 0. The highest BCUT2D eigenvalue weighted by atomic mass is 35.5. The molecule has 0 heterocycles. The van der Waals surface area contributed by atoms with E-state index in [1.165, 1.54) is 89.9 Å². The van der Waals surface area contributed by atoms with Crippen LogP contribution < -0.4 is 11.5 Å². The average molecular weight is 845 g/mol. The van der Waals surface area contributed by atoms with Crippen LogP contribution in [0.5, 0.6) is 0 Å². The standard InChI is InChI=1S/C40H77N2O12P.ClH/c1-3-5-7-9-11-13-15-17-19-21-23-25-37(43)49-31-35(53-39(45)26-24-22-20-18-16-14-12-10-8-6-4-2)33-51-55(47,48)52-34-36(54-40(46)28-30-42)32-50-38(44)27-29-41;/h35-36H,3-34,41-42H2,1-2H3,(H,47,48);1H. The van der Waals surface area contributed by atoms with Gasteiger partial charge >= 0.3 is 31.7 Å². The van der Waals surface area contributed by atoms with Crippen LogP contribution in [0.2, 0.25) is 0 Å². The summed E-state index contributed by atoms with van der Waals surface area (Å²) in [7, 11) is -4.81. The van der Waals surface area contributed by atoms with E-state index >= 15 is 0 Å². The van der Waals surface area contributed by atoms with Gasteiger partial charge in [-0.05, 0) is 12.8 Å². The lowest BCUT2D eigenvalue weighted by atomic mass is 10.1. The van der Waals surface area contributed by atoms with E-state index < -0.39 is 63.7 Å². The molecule has 0 radical (unpaired) electrons. The second kappa shape index (κ2) is 40.0. The van der Waals surface area contributed by atoms with E-state index in [1.54, 1.807) is 0 Å². The highest BCUT2D eigenvalue weighted by Gasteiger charge is 2.29. The third-order valence-electron chi connectivity index (χ3n) is 8.97. The summed E-state index contributed by atoms with van der Waals surface area (Å²) < 4.78 is 44.0. The number of carbonyl (C=O) groups is 4. The van der Waals surface area contributed by atoms with E-state index in [1.807, 2.05) is 0 Å². The molecule has 0 aromatic carbocycles. The van der Waals surface area contributed by atoms with Gasteiger partial charge < -0.3 is 35.3 Å². The lowest BCUT2D eigenvalue weighted by molar-refractivity contribution is -0.162. The van der Waals surface area contributed by atoms with E-state index in [2.05, 4.69) is 13.8 Å². The highest BCUT2D eigenvalue weighted by Crippen LogP contribution is 2.43. The molecule has 0 aliphatic carbocycles. The molecule has 0 aromatic heterocycles. The fraction of sp³-hybridized carbons (Fsp3) is 0.900. The third kappa shape index (κ3) is 37.8. The van der Waals surface area contributed by atoms with Crippen molar-refractivity contribution < 1.29 is 56.6 Å². The van der Waals surface area contributed by atoms with Gasteiger partial charge in [-0.2, -0.15) is 0 Å². The lowest BCUT2D eigenvalue weighted by Crippen LogP contribution is -2.31. The van der Waals surface area contributed by atoms with Crippen LogP contribution in [0.25, 0.3) is 0 Å². The Hall–Kier alpha value is -1.80. The molecular weight excluding hydrogens is 767 g/mol. The number of carbonyl (C=O) groups excluding carboxylic acids is 4. The van der Waals surface area contributed by atoms with E-state index in [0.717, 1.165) is 38.5 Å². The predicted octanol–water partition coefficient (Wildman–Crippen LogP) is 8.55. The van der Waals surface area contributed by atoms with Crippen LogP contribution in [0.4, 0.5) is 0 Å². The van der Waals surface area contributed by atoms with Crippen LogP contribution in [0.3, 0.4) is 0 Å². The van der Waals surface area contributed by atoms with Gasteiger partial charge in [0, 0.05) is 25.9 Å². The minimum atomic E-state index is -4.81. The molecule has 0 saturated carbocycles. The molecule has 3 unspecified atom stereocenters. The fourth-order valence-electron chi connectivity index (χ4n) is 5.73. The molecule has 5 N–H and O–H groups in total. The Kier molecular flexibility index (Phi) is 40.2. The Morgan fingerprint density at radius 2 is 0.750 bits per heavy atom. The van der Waals surface area contributed by atoms with E-state index in [4.69, 9.17) is 39.5 Å². The second-order valence-corrected chi connectivity index (χ2v) is 15.8. The van der Waals surface area contributed by atoms with Crippen molar-refractivity contribution in [1.82, 2.24) is 0 Å². The molecule has 0 fully saturated rings. The molecule has 332 valence electrons. The van der Waals surface area contributed by atoms with Crippen LogP contribution in [0.15, 0.2) is 0 Å². The molecule has 0 spiro atoms. The number of hydrogen-bond donors (Lipinski definition) is 3. The largest absolute Gasteiger partial charge is 0.472 e. The maximum atomic E-state index is 12.8. The SMILES string of the molecule is CCCCCCCCCCCCCC(=O)OCC(COP(=O)(O)OCC(COC(=O)CCN)OC(=O)CCN)OC(=O)CCCCCCCCCCCCC.Cl. The summed E-state index contributed by atoms with van der Waals surface area (Å²) >= 11 is 0. The van der Waals surface area contributed by atoms with Crippen molar-refractivity contribution in [2.75, 3.05) is 39.5 Å². The molecule has 16 heteroatoms. The highest BCUT2D eigenvalue weighted by molar-refractivity contribution is 7.47. The van der Waals surface area contributed by atoms with Crippen LogP contribution in [-0.4, -0.2) is 80.5 Å². The van der Waals surface area contributed by atoms with Crippen molar-refractivity contribution >= 4 is 44.1 Å². The number of phosphoric acid groups is 1. The third-order valence-corrected chi connectivity index (χ3v) is 9.92. The zero-order valence-electron chi connectivity index (χ0n) is 34.7. The number of nitrogens with two attached hydrogens (primary N) is 2. The molecule has 56 heavy (non-hydrogen) atoms. The van der Waals surface area contributed by atoms with Gasteiger partial charge in [0.25, 0.3) is 0 Å². The first-order valence-corrected chi connectivity index (χ1v) is 22.8. The van der Waals surface area contributed by atoms with Crippen LogP contribution in [0.1, 0.15) is 181 Å². The predicted molar refractivity (Wildman–Crippen MR) is 220 cm³/mol. The monoisotopic (exact) mass is 844 g/mol. The van der Waals surface area contributed by atoms with Gasteiger partial charge in [0.05, 0.1) is 26.1 Å². The number of unbranched alkanes of at least 4 members (excludes halogenated alkanes) is 20. The zero-order valence-corrected chi connectivity index (χ0v) is 36.4. The second-order valence-electron chi connectivity index (χ2n) is 14.3. The Balaban J connectivity index is 0. The molecule has 0 amide bonds. The lowest BCUT2D eigenvalue weighted by Gasteiger charge is -2.22. The average Bonchev–Trinajstić information content (AvgIpc) is 3.15. The minimum absolute atomic E-state index is 0. The number of phosphoric ester groups is 1. The molecule has 14 nitrogen and oxygen atoms in total. The van der Waals surface area contributed by atoms with Crippen LogP contribution >= 0.6 is 20.2 Å². The van der Waals surface area contributed by atoms with Crippen molar-refractivity contribution in [2.45, 2.75) is 193 Å². The van der Waals surface area contributed by atoms with Gasteiger partial charge in [0.1, 0.15) is 13.2 Å². The molecule has 0 aliphatic heterocycles.